The van der Waals surface area contributed by atoms with Gasteiger partial charge in [0.05, 0.1) is 39.8 Å². The smallest absolute Gasteiger partial charge is 0.173 e. The molecule has 0 saturated carbocycles. The lowest BCUT2D eigenvalue weighted by Crippen LogP contribution is -2.13. The molecule has 2 atom stereocenters. The van der Waals surface area contributed by atoms with Crippen molar-refractivity contribution in [1.29, 1.82) is 5.41 Å². The molecule has 8 nitrogen and oxygen atoms in total. The summed E-state index contributed by atoms with van der Waals surface area (Å²) >= 11 is 0. The lowest BCUT2D eigenvalue weighted by molar-refractivity contribution is 0.0564. The molecule has 33 heavy (non-hydrogen) atoms. The number of hydrogen-bond acceptors (Lipinski definition) is 6. The molecule has 172 valence electrons. The van der Waals surface area contributed by atoms with E-state index in [1.54, 1.807) is 20.5 Å². The van der Waals surface area contributed by atoms with Crippen LogP contribution in [0.25, 0.3) is 11.2 Å². The first-order valence-corrected chi connectivity index (χ1v) is 10.9. The molecule has 0 aliphatic carbocycles. The van der Waals surface area contributed by atoms with E-state index >= 15 is 0 Å². The first-order valence-electron chi connectivity index (χ1n) is 10.9. The van der Waals surface area contributed by atoms with E-state index in [1.165, 1.54) is 0 Å². The third kappa shape index (κ3) is 4.90. The summed E-state index contributed by atoms with van der Waals surface area (Å²) in [5.74, 6) is 2.14. The van der Waals surface area contributed by atoms with Gasteiger partial charge in [-0.25, -0.2) is 9.97 Å². The summed E-state index contributed by atoms with van der Waals surface area (Å²) < 4.78 is 18.8. The van der Waals surface area contributed by atoms with E-state index in [-0.39, 0.29) is 17.5 Å². The predicted molar refractivity (Wildman–Crippen MR) is 126 cm³/mol. The van der Waals surface area contributed by atoms with E-state index < -0.39 is 0 Å². The highest BCUT2D eigenvalue weighted by atomic mass is 16.5. The van der Waals surface area contributed by atoms with Crippen molar-refractivity contribution in [3.8, 4) is 11.5 Å². The lowest BCUT2D eigenvalue weighted by atomic mass is 10.1. The standard InChI is InChI=1S/C25H29N5O3/c1-16(14-33-17(2)19-8-6-5-7-9-19)24-28-22-23(26)27-15-30(25(22)29-24)13-18-10-11-20(31-3)21(12-18)32-4/h5-12,15-17,26H,13-14H2,1-4H3,(H,28,29). The molecule has 0 fully saturated rings. The van der Waals surface area contributed by atoms with Crippen LogP contribution in [0.1, 0.15) is 42.8 Å². The Morgan fingerprint density at radius 3 is 2.52 bits per heavy atom. The maximum Gasteiger partial charge on any atom is 0.173 e. The minimum atomic E-state index is -0.0126. The highest BCUT2D eigenvalue weighted by Gasteiger charge is 2.17. The van der Waals surface area contributed by atoms with Gasteiger partial charge in [-0.1, -0.05) is 43.3 Å². The van der Waals surface area contributed by atoms with Gasteiger partial charge in [-0.2, -0.15) is 0 Å². The fourth-order valence-electron chi connectivity index (χ4n) is 3.71. The zero-order valence-electron chi connectivity index (χ0n) is 19.3. The van der Waals surface area contributed by atoms with E-state index in [4.69, 9.17) is 24.6 Å². The zero-order chi connectivity index (χ0) is 23.4. The van der Waals surface area contributed by atoms with Crippen molar-refractivity contribution in [3.05, 3.63) is 77.3 Å². The number of H-pyrrole nitrogens is 1. The van der Waals surface area contributed by atoms with Crippen LogP contribution in [0.4, 0.5) is 0 Å². The second-order valence-electron chi connectivity index (χ2n) is 8.02. The van der Waals surface area contributed by atoms with Gasteiger partial charge in [0.2, 0.25) is 0 Å². The number of methoxy groups -OCH3 is 2. The summed E-state index contributed by atoms with van der Waals surface area (Å²) in [6.45, 7) is 5.14. The summed E-state index contributed by atoms with van der Waals surface area (Å²) in [4.78, 5) is 12.3. The molecule has 4 rings (SSSR count). The first kappa shape index (κ1) is 22.5. The number of rotatable bonds is 9. The van der Waals surface area contributed by atoms with Crippen molar-refractivity contribution in [2.75, 3.05) is 20.8 Å². The molecule has 2 aromatic heterocycles. The molecule has 0 aliphatic heterocycles. The first-order chi connectivity index (χ1) is 16.0. The predicted octanol–water partition coefficient (Wildman–Crippen LogP) is 4.19. The Morgan fingerprint density at radius 1 is 1.03 bits per heavy atom. The number of aromatic amines is 1. The van der Waals surface area contributed by atoms with Crippen molar-refractivity contribution in [1.82, 2.24) is 19.5 Å². The van der Waals surface area contributed by atoms with Gasteiger partial charge in [-0.05, 0) is 30.2 Å². The summed E-state index contributed by atoms with van der Waals surface area (Å²) in [5.41, 5.74) is 3.60. The fraction of sp³-hybridized carbons (Fsp3) is 0.320. The van der Waals surface area contributed by atoms with Crippen molar-refractivity contribution >= 4 is 11.2 Å². The Labute approximate surface area is 192 Å². The zero-order valence-corrected chi connectivity index (χ0v) is 19.3. The Kier molecular flexibility index (Phi) is 6.74. The van der Waals surface area contributed by atoms with E-state index in [0.29, 0.717) is 35.8 Å². The normalized spacial score (nSPS) is 13.1. The molecule has 0 saturated heterocycles. The second kappa shape index (κ2) is 9.87. The minimum Gasteiger partial charge on any atom is -0.493 e. The third-order valence-corrected chi connectivity index (χ3v) is 5.67. The van der Waals surface area contributed by atoms with Crippen molar-refractivity contribution in [2.45, 2.75) is 32.4 Å². The summed E-state index contributed by atoms with van der Waals surface area (Å²) in [6.07, 6.45) is 1.63. The fourth-order valence-corrected chi connectivity index (χ4v) is 3.71. The largest absolute Gasteiger partial charge is 0.493 e. The number of hydrogen-bond donors (Lipinski definition) is 2. The van der Waals surface area contributed by atoms with E-state index in [0.717, 1.165) is 17.0 Å². The van der Waals surface area contributed by atoms with Crippen LogP contribution in [0.5, 0.6) is 11.5 Å². The SMILES string of the molecule is COc1ccc(Cn2cnc(=N)c3[nH]c(C(C)COC(C)c4ccccc4)nc32)cc1OC. The van der Waals surface area contributed by atoms with Gasteiger partial charge in [0.25, 0.3) is 0 Å². The van der Waals surface area contributed by atoms with Crippen LogP contribution >= 0.6 is 0 Å². The van der Waals surface area contributed by atoms with E-state index in [1.807, 2.05) is 47.9 Å². The van der Waals surface area contributed by atoms with Gasteiger partial charge in [0.1, 0.15) is 11.3 Å². The van der Waals surface area contributed by atoms with Crippen molar-refractivity contribution in [2.24, 2.45) is 0 Å². The minimum absolute atomic E-state index is 0.0126. The van der Waals surface area contributed by atoms with Gasteiger partial charge >= 0.3 is 0 Å². The van der Waals surface area contributed by atoms with E-state index in [9.17, 15) is 0 Å². The maximum absolute atomic E-state index is 8.23. The number of nitrogens with one attached hydrogen (secondary N) is 2. The van der Waals surface area contributed by atoms with Crippen LogP contribution in [0.3, 0.4) is 0 Å². The van der Waals surface area contributed by atoms with Gasteiger partial charge in [0, 0.05) is 5.92 Å². The van der Waals surface area contributed by atoms with Gasteiger partial charge < -0.3 is 23.8 Å². The molecule has 2 aromatic carbocycles. The highest BCUT2D eigenvalue weighted by molar-refractivity contribution is 5.69. The molecule has 0 radical (unpaired) electrons. The third-order valence-electron chi connectivity index (χ3n) is 5.67. The van der Waals surface area contributed by atoms with Gasteiger partial charge in [-0.3, -0.25) is 5.41 Å². The van der Waals surface area contributed by atoms with Crippen LogP contribution in [0.2, 0.25) is 0 Å². The lowest BCUT2D eigenvalue weighted by Gasteiger charge is -2.16. The second-order valence-corrected chi connectivity index (χ2v) is 8.02. The topological polar surface area (TPSA) is 98.0 Å². The Hall–Kier alpha value is -3.65. The Bertz CT molecular complexity index is 1280. The molecule has 2 heterocycles. The molecule has 0 bridgehead atoms. The van der Waals surface area contributed by atoms with Crippen LogP contribution in [-0.4, -0.2) is 40.3 Å². The number of fused-ring (bicyclic) bond motifs is 1. The maximum atomic E-state index is 8.23. The number of aromatic nitrogens is 4. The molecular formula is C25H29N5O3. The molecule has 8 heteroatoms. The average Bonchev–Trinajstić information content (AvgIpc) is 3.31. The van der Waals surface area contributed by atoms with E-state index in [2.05, 4.69) is 29.0 Å². The highest BCUT2D eigenvalue weighted by Crippen LogP contribution is 2.28. The molecule has 4 aromatic rings. The summed E-state index contributed by atoms with van der Waals surface area (Å²) in [6, 6.07) is 15.9. The van der Waals surface area contributed by atoms with Crippen LogP contribution < -0.4 is 15.0 Å². The monoisotopic (exact) mass is 447 g/mol. The number of nitrogens with zero attached hydrogens (tertiary/aromatic N) is 3. The Morgan fingerprint density at radius 2 is 1.79 bits per heavy atom. The molecular weight excluding hydrogens is 418 g/mol. The summed E-state index contributed by atoms with van der Waals surface area (Å²) in [5, 5.41) is 8.23. The average molecular weight is 448 g/mol. The number of benzene rings is 2. The number of imidazole rings is 1. The molecule has 0 aliphatic rings. The van der Waals surface area contributed by atoms with Crippen LogP contribution in [0, 0.1) is 5.41 Å². The molecule has 2 N–H and O–H groups in total. The van der Waals surface area contributed by atoms with Crippen LogP contribution in [-0.2, 0) is 11.3 Å². The van der Waals surface area contributed by atoms with Crippen molar-refractivity contribution < 1.29 is 14.2 Å². The van der Waals surface area contributed by atoms with Gasteiger partial charge in [0.15, 0.2) is 22.6 Å². The van der Waals surface area contributed by atoms with Gasteiger partial charge in [-0.15, -0.1) is 0 Å². The Balaban J connectivity index is 1.55. The number of ether oxygens (including phenoxy) is 3. The quantitative estimate of drug-likeness (QED) is 0.401. The molecule has 0 spiro atoms. The summed E-state index contributed by atoms with van der Waals surface area (Å²) in [7, 11) is 3.23. The van der Waals surface area contributed by atoms with Crippen molar-refractivity contribution in [3.63, 3.8) is 0 Å². The van der Waals surface area contributed by atoms with Crippen LogP contribution in [0.15, 0.2) is 54.9 Å². The molecule has 2 unspecified atom stereocenters. The molecule has 0 amide bonds.